The average molecular weight is 246 g/mol. The van der Waals surface area contributed by atoms with Gasteiger partial charge in [-0.25, -0.2) is 0 Å². The summed E-state index contributed by atoms with van der Waals surface area (Å²) in [5, 5.41) is 0. The van der Waals surface area contributed by atoms with Crippen LogP contribution in [0.4, 0.5) is 0 Å². The van der Waals surface area contributed by atoms with E-state index in [-0.39, 0.29) is 0 Å². The third kappa shape index (κ3) is 6.99. The van der Waals surface area contributed by atoms with Gasteiger partial charge in [0.05, 0.1) is 6.10 Å². The van der Waals surface area contributed by atoms with Crippen LogP contribution in [0.2, 0.25) is 0 Å². The predicted octanol–water partition coefficient (Wildman–Crippen LogP) is 1.87. The quantitative estimate of drug-likeness (QED) is 0.762. The van der Waals surface area contributed by atoms with Crippen LogP contribution in [0.5, 0.6) is 0 Å². The Morgan fingerprint density at radius 1 is 0.882 bits per heavy atom. The number of hydrogen-bond acceptors (Lipinski definition) is 4. The first kappa shape index (κ1) is 14.9. The highest BCUT2D eigenvalue weighted by atomic mass is 16.5. The smallest absolute Gasteiger partial charge is 0.0615 e. The van der Waals surface area contributed by atoms with E-state index in [2.05, 4.69) is 0 Å². The van der Waals surface area contributed by atoms with Crippen molar-refractivity contribution in [3.8, 4) is 0 Å². The molecule has 17 heavy (non-hydrogen) atoms. The maximum absolute atomic E-state index is 5.19. The minimum Gasteiger partial charge on any atom is -0.384 e. The molecule has 2 aliphatic rings. The first-order valence-corrected chi connectivity index (χ1v) is 6.54. The maximum atomic E-state index is 5.19. The summed E-state index contributed by atoms with van der Waals surface area (Å²) in [5.41, 5.74) is 0. The van der Waals surface area contributed by atoms with Crippen molar-refractivity contribution in [2.45, 2.75) is 31.8 Å². The van der Waals surface area contributed by atoms with E-state index in [0.717, 1.165) is 51.8 Å². The fourth-order valence-corrected chi connectivity index (χ4v) is 2.06. The summed E-state index contributed by atoms with van der Waals surface area (Å²) in [6, 6.07) is 0. The Bertz CT molecular complexity index is 160. The van der Waals surface area contributed by atoms with E-state index in [1.807, 2.05) is 0 Å². The van der Waals surface area contributed by atoms with Crippen LogP contribution >= 0.6 is 0 Å². The minimum atomic E-state index is 0.462. The summed E-state index contributed by atoms with van der Waals surface area (Å²) in [7, 11) is 3.52. The van der Waals surface area contributed by atoms with Gasteiger partial charge in [0.15, 0.2) is 0 Å². The zero-order chi connectivity index (χ0) is 12.3. The first-order chi connectivity index (χ1) is 8.36. The van der Waals surface area contributed by atoms with Crippen LogP contribution in [0.15, 0.2) is 0 Å². The van der Waals surface area contributed by atoms with Crippen molar-refractivity contribution in [3.63, 3.8) is 0 Å². The Morgan fingerprint density at radius 3 is 1.82 bits per heavy atom. The van der Waals surface area contributed by atoms with Gasteiger partial charge in [0.2, 0.25) is 0 Å². The van der Waals surface area contributed by atoms with E-state index in [0.29, 0.717) is 6.10 Å². The van der Waals surface area contributed by atoms with Crippen molar-refractivity contribution in [3.05, 3.63) is 0 Å². The highest BCUT2D eigenvalue weighted by Crippen LogP contribution is 2.13. The molecule has 0 N–H and O–H groups in total. The van der Waals surface area contributed by atoms with Crippen molar-refractivity contribution in [1.82, 2.24) is 0 Å². The predicted molar refractivity (Wildman–Crippen MR) is 66.3 cm³/mol. The van der Waals surface area contributed by atoms with Gasteiger partial charge in [0, 0.05) is 47.3 Å². The summed E-state index contributed by atoms with van der Waals surface area (Å²) in [5.74, 6) is 0.753. The summed E-state index contributed by atoms with van der Waals surface area (Å²) in [6.07, 6.45) is 4.94. The van der Waals surface area contributed by atoms with E-state index in [9.17, 15) is 0 Å². The standard InChI is InChI=1S/C7H14O2.C6H12O2/c1-8-6-7-2-4-9-5-3-7;1-7-6-2-4-8-5-3-6/h7H,2-6H2,1H3;6H,2-5H2,1H3. The summed E-state index contributed by atoms with van der Waals surface area (Å²) >= 11 is 0. The van der Waals surface area contributed by atoms with Crippen LogP contribution in [0.25, 0.3) is 0 Å². The van der Waals surface area contributed by atoms with Gasteiger partial charge in [0.1, 0.15) is 0 Å². The largest absolute Gasteiger partial charge is 0.384 e. The maximum Gasteiger partial charge on any atom is 0.0615 e. The van der Waals surface area contributed by atoms with Gasteiger partial charge in [-0.15, -0.1) is 0 Å². The Morgan fingerprint density at radius 2 is 1.41 bits per heavy atom. The topological polar surface area (TPSA) is 36.9 Å². The molecular formula is C13H26O4. The van der Waals surface area contributed by atoms with Crippen molar-refractivity contribution in [2.75, 3.05) is 47.3 Å². The third-order valence-electron chi connectivity index (χ3n) is 3.24. The summed E-state index contributed by atoms with van der Waals surface area (Å²) in [6.45, 7) is 4.50. The van der Waals surface area contributed by atoms with Crippen LogP contribution in [0.1, 0.15) is 25.7 Å². The Labute approximate surface area is 105 Å². The van der Waals surface area contributed by atoms with E-state index < -0.39 is 0 Å². The molecule has 0 amide bonds. The molecule has 0 atom stereocenters. The molecule has 102 valence electrons. The number of hydrogen-bond donors (Lipinski definition) is 0. The van der Waals surface area contributed by atoms with Crippen LogP contribution in [-0.4, -0.2) is 53.4 Å². The van der Waals surface area contributed by atoms with E-state index in [4.69, 9.17) is 18.9 Å². The fraction of sp³-hybridized carbons (Fsp3) is 1.00. The molecule has 2 aliphatic heterocycles. The first-order valence-electron chi connectivity index (χ1n) is 6.54. The number of methoxy groups -OCH3 is 2. The zero-order valence-electron chi connectivity index (χ0n) is 11.2. The number of ether oxygens (including phenoxy) is 4. The molecule has 0 aliphatic carbocycles. The Balaban J connectivity index is 0.000000171. The molecule has 0 aromatic heterocycles. The second kappa shape index (κ2) is 9.83. The molecule has 4 nitrogen and oxygen atoms in total. The van der Waals surface area contributed by atoms with Crippen molar-refractivity contribution < 1.29 is 18.9 Å². The molecule has 0 aromatic rings. The van der Waals surface area contributed by atoms with E-state index >= 15 is 0 Å². The summed E-state index contributed by atoms with van der Waals surface area (Å²) in [4.78, 5) is 0. The van der Waals surface area contributed by atoms with Gasteiger partial charge in [-0.1, -0.05) is 0 Å². The molecule has 2 heterocycles. The zero-order valence-corrected chi connectivity index (χ0v) is 11.2. The van der Waals surface area contributed by atoms with Crippen LogP contribution < -0.4 is 0 Å². The number of rotatable bonds is 3. The second-order valence-corrected chi connectivity index (χ2v) is 4.56. The molecule has 0 aromatic carbocycles. The lowest BCUT2D eigenvalue weighted by Crippen LogP contribution is -2.21. The van der Waals surface area contributed by atoms with Crippen molar-refractivity contribution >= 4 is 0 Å². The SMILES string of the molecule is COC1CCOCC1.COCC1CCOCC1. The van der Waals surface area contributed by atoms with Gasteiger partial charge in [0.25, 0.3) is 0 Å². The lowest BCUT2D eigenvalue weighted by atomic mass is 10.0. The minimum absolute atomic E-state index is 0.462. The molecule has 4 heteroatoms. The van der Waals surface area contributed by atoms with Crippen molar-refractivity contribution in [2.24, 2.45) is 5.92 Å². The molecule has 0 saturated carbocycles. The molecule has 2 saturated heterocycles. The monoisotopic (exact) mass is 246 g/mol. The molecule has 2 rings (SSSR count). The molecular weight excluding hydrogens is 220 g/mol. The molecule has 0 bridgehead atoms. The van der Waals surface area contributed by atoms with Gasteiger partial charge in [-0.3, -0.25) is 0 Å². The van der Waals surface area contributed by atoms with E-state index in [1.165, 1.54) is 12.8 Å². The third-order valence-corrected chi connectivity index (χ3v) is 3.24. The Hall–Kier alpha value is -0.160. The molecule has 0 spiro atoms. The summed E-state index contributed by atoms with van der Waals surface area (Å²) < 4.78 is 20.4. The average Bonchev–Trinajstić information content (AvgIpc) is 2.42. The van der Waals surface area contributed by atoms with Crippen molar-refractivity contribution in [1.29, 1.82) is 0 Å². The molecule has 0 radical (unpaired) electrons. The fourth-order valence-electron chi connectivity index (χ4n) is 2.06. The lowest BCUT2D eigenvalue weighted by molar-refractivity contribution is -0.00998. The Kier molecular flexibility index (Phi) is 8.61. The highest BCUT2D eigenvalue weighted by molar-refractivity contribution is 4.61. The van der Waals surface area contributed by atoms with Gasteiger partial charge < -0.3 is 18.9 Å². The van der Waals surface area contributed by atoms with Gasteiger partial charge in [-0.05, 0) is 31.6 Å². The van der Waals surface area contributed by atoms with Crippen LogP contribution in [0, 0.1) is 5.92 Å². The molecule has 2 fully saturated rings. The van der Waals surface area contributed by atoms with Crippen LogP contribution in [-0.2, 0) is 18.9 Å². The second-order valence-electron chi connectivity index (χ2n) is 4.56. The van der Waals surface area contributed by atoms with Gasteiger partial charge >= 0.3 is 0 Å². The highest BCUT2D eigenvalue weighted by Gasteiger charge is 2.12. The molecule has 0 unspecified atom stereocenters. The van der Waals surface area contributed by atoms with E-state index in [1.54, 1.807) is 14.2 Å². The van der Waals surface area contributed by atoms with Gasteiger partial charge in [-0.2, -0.15) is 0 Å². The normalized spacial score (nSPS) is 22.9. The van der Waals surface area contributed by atoms with Crippen LogP contribution in [0.3, 0.4) is 0 Å². The lowest BCUT2D eigenvalue weighted by Gasteiger charge is -2.20.